The molecule has 2 nitrogen and oxygen atoms in total. The van der Waals surface area contributed by atoms with Gasteiger partial charge in [0.1, 0.15) is 0 Å². The topological polar surface area (TPSA) is 18.5 Å². The monoisotopic (exact) mass is 270 g/mol. The molecule has 0 unspecified atom stereocenters. The third-order valence-corrected chi connectivity index (χ3v) is 6.07. The normalized spacial score (nSPS) is 30.9. The zero-order valence-electron chi connectivity index (χ0n) is 6.64. The molecular formula is C6H12AsBrO2. The van der Waals surface area contributed by atoms with E-state index in [2.05, 4.69) is 41.6 Å². The molecule has 0 radical (unpaired) electrons. The van der Waals surface area contributed by atoms with E-state index in [1.54, 1.807) is 0 Å². The van der Waals surface area contributed by atoms with Gasteiger partial charge in [0, 0.05) is 0 Å². The van der Waals surface area contributed by atoms with Crippen LogP contribution in [0.3, 0.4) is 0 Å². The van der Waals surface area contributed by atoms with E-state index in [1.165, 1.54) is 0 Å². The van der Waals surface area contributed by atoms with Crippen LogP contribution in [0.1, 0.15) is 27.7 Å². The van der Waals surface area contributed by atoms with E-state index in [-0.39, 0.29) is 11.2 Å². The molecule has 1 heterocycles. The van der Waals surface area contributed by atoms with Gasteiger partial charge in [0.15, 0.2) is 0 Å². The van der Waals surface area contributed by atoms with Crippen LogP contribution in [0.5, 0.6) is 0 Å². The summed E-state index contributed by atoms with van der Waals surface area (Å²) in [5, 5.41) is 0. The van der Waals surface area contributed by atoms with Crippen LogP contribution in [-0.4, -0.2) is 24.7 Å². The minimum atomic E-state index is -1.55. The van der Waals surface area contributed by atoms with Crippen molar-refractivity contribution < 1.29 is 7.45 Å². The van der Waals surface area contributed by atoms with Gasteiger partial charge in [0.05, 0.1) is 0 Å². The summed E-state index contributed by atoms with van der Waals surface area (Å²) in [6, 6.07) is 0. The third kappa shape index (κ3) is 1.42. The average molecular weight is 271 g/mol. The molecule has 1 aliphatic rings. The molecule has 1 rings (SSSR count). The summed E-state index contributed by atoms with van der Waals surface area (Å²) in [5.41, 5.74) is -0.285. The fourth-order valence-corrected chi connectivity index (χ4v) is 6.87. The first-order valence-electron chi connectivity index (χ1n) is 3.19. The zero-order chi connectivity index (χ0) is 7.99. The predicted octanol–water partition coefficient (Wildman–Crippen LogP) is 1.97. The van der Waals surface area contributed by atoms with Crippen LogP contribution < -0.4 is 0 Å². The standard InChI is InChI=1S/C6H12AsBrO2/c1-5(2)6(3,4)10-7(8)9-5/h1-4H3. The predicted molar refractivity (Wildman–Crippen MR) is 45.0 cm³/mol. The van der Waals surface area contributed by atoms with Gasteiger partial charge in [-0.15, -0.1) is 0 Å². The van der Waals surface area contributed by atoms with E-state index in [4.69, 9.17) is 7.45 Å². The second-order valence-electron chi connectivity index (χ2n) is 3.42. The van der Waals surface area contributed by atoms with Gasteiger partial charge >= 0.3 is 73.8 Å². The average Bonchev–Trinajstić information content (AvgIpc) is 1.73. The molecule has 0 atom stereocenters. The Morgan fingerprint density at radius 1 is 1.00 bits per heavy atom. The van der Waals surface area contributed by atoms with Crippen molar-refractivity contribution >= 4 is 27.4 Å². The Kier molecular flexibility index (Phi) is 2.24. The maximum absolute atomic E-state index is 5.60. The summed E-state index contributed by atoms with van der Waals surface area (Å²) >= 11 is 1.84. The van der Waals surface area contributed by atoms with Gasteiger partial charge in [-0.1, -0.05) is 0 Å². The Morgan fingerprint density at radius 2 is 1.30 bits per heavy atom. The molecule has 0 aliphatic carbocycles. The summed E-state index contributed by atoms with van der Waals surface area (Å²) < 4.78 is 11.2. The van der Waals surface area contributed by atoms with E-state index in [0.717, 1.165) is 0 Å². The summed E-state index contributed by atoms with van der Waals surface area (Å²) in [6.07, 6.45) is 0. The molecule has 60 valence electrons. The van der Waals surface area contributed by atoms with Gasteiger partial charge in [-0.25, -0.2) is 0 Å². The van der Waals surface area contributed by atoms with Crippen LogP contribution in [0, 0.1) is 0 Å². The summed E-state index contributed by atoms with van der Waals surface area (Å²) in [6.45, 7) is 8.23. The fourth-order valence-electron chi connectivity index (χ4n) is 0.597. The summed E-state index contributed by atoms with van der Waals surface area (Å²) in [4.78, 5) is 0. The van der Waals surface area contributed by atoms with Crippen LogP contribution in [0.25, 0.3) is 0 Å². The fraction of sp³-hybridized carbons (Fsp3) is 1.00. The molecule has 0 aromatic rings. The first kappa shape index (κ1) is 9.05. The van der Waals surface area contributed by atoms with Crippen molar-refractivity contribution in [2.45, 2.75) is 38.9 Å². The number of hydrogen-bond acceptors (Lipinski definition) is 2. The van der Waals surface area contributed by atoms with Gasteiger partial charge in [-0.3, -0.25) is 0 Å². The molecule has 0 N–H and O–H groups in total. The van der Waals surface area contributed by atoms with Crippen LogP contribution >= 0.6 is 13.9 Å². The van der Waals surface area contributed by atoms with Crippen molar-refractivity contribution in [3.63, 3.8) is 0 Å². The molecule has 0 saturated carbocycles. The van der Waals surface area contributed by atoms with E-state index in [0.29, 0.717) is 0 Å². The van der Waals surface area contributed by atoms with Crippen LogP contribution in [0.2, 0.25) is 0 Å². The van der Waals surface area contributed by atoms with Gasteiger partial charge in [0.2, 0.25) is 0 Å². The van der Waals surface area contributed by atoms with Crippen molar-refractivity contribution in [1.82, 2.24) is 0 Å². The van der Waals surface area contributed by atoms with Gasteiger partial charge in [-0.2, -0.15) is 0 Å². The second kappa shape index (κ2) is 2.48. The molecule has 1 aliphatic heterocycles. The Bertz CT molecular complexity index is 131. The quantitative estimate of drug-likeness (QED) is 0.627. The van der Waals surface area contributed by atoms with Crippen LogP contribution in [0.4, 0.5) is 0 Å². The molecule has 0 spiro atoms. The van der Waals surface area contributed by atoms with Crippen LogP contribution in [0.15, 0.2) is 0 Å². The molecule has 0 bridgehead atoms. The summed E-state index contributed by atoms with van der Waals surface area (Å²) in [5.74, 6) is 0. The zero-order valence-corrected chi connectivity index (χ0v) is 10.1. The van der Waals surface area contributed by atoms with Crippen molar-refractivity contribution in [1.29, 1.82) is 0 Å². The minimum absolute atomic E-state index is 0.142. The van der Waals surface area contributed by atoms with E-state index >= 15 is 0 Å². The molecule has 0 amide bonds. The Morgan fingerprint density at radius 3 is 1.40 bits per heavy atom. The van der Waals surface area contributed by atoms with Crippen molar-refractivity contribution in [3.05, 3.63) is 0 Å². The SMILES string of the molecule is CC1(C)O[As](Br)OC1(C)C. The second-order valence-corrected chi connectivity index (χ2v) is 8.08. The molecule has 1 fully saturated rings. The number of halogens is 1. The molecule has 0 aromatic carbocycles. The maximum atomic E-state index is 5.60. The Balaban J connectivity index is 2.78. The van der Waals surface area contributed by atoms with E-state index in [9.17, 15) is 0 Å². The molecule has 4 heteroatoms. The summed E-state index contributed by atoms with van der Waals surface area (Å²) in [7, 11) is 0. The van der Waals surface area contributed by atoms with Crippen LogP contribution in [-0.2, 0) is 7.45 Å². The third-order valence-electron chi connectivity index (χ3n) is 2.05. The van der Waals surface area contributed by atoms with Gasteiger partial charge in [0.25, 0.3) is 0 Å². The van der Waals surface area contributed by atoms with E-state index < -0.39 is 13.5 Å². The molecule has 0 aromatic heterocycles. The molecule has 1 saturated heterocycles. The van der Waals surface area contributed by atoms with Gasteiger partial charge in [-0.05, 0) is 0 Å². The molecular weight excluding hydrogens is 259 g/mol. The van der Waals surface area contributed by atoms with Gasteiger partial charge < -0.3 is 0 Å². The molecule has 10 heavy (non-hydrogen) atoms. The van der Waals surface area contributed by atoms with Crippen molar-refractivity contribution in [2.24, 2.45) is 0 Å². The number of hydrogen-bond donors (Lipinski definition) is 0. The Labute approximate surface area is 73.8 Å². The first-order chi connectivity index (χ1) is 4.35. The Hall–Kier alpha value is 0.958. The van der Waals surface area contributed by atoms with E-state index in [1.807, 2.05) is 0 Å². The first-order valence-corrected chi connectivity index (χ1v) is 9.12. The van der Waals surface area contributed by atoms with Crippen molar-refractivity contribution in [3.8, 4) is 0 Å². The van der Waals surface area contributed by atoms with Crippen molar-refractivity contribution in [2.75, 3.05) is 0 Å². The number of rotatable bonds is 0.